The molecule has 1 aromatic carbocycles. The van der Waals surface area contributed by atoms with Gasteiger partial charge in [0.05, 0.1) is 0 Å². The van der Waals surface area contributed by atoms with Crippen LogP contribution in [-0.2, 0) is 9.53 Å². The Bertz CT molecular complexity index is 771. The third kappa shape index (κ3) is 4.33. The predicted octanol–water partition coefficient (Wildman–Crippen LogP) is 4.38. The number of thiophene rings is 1. The van der Waals surface area contributed by atoms with Crippen LogP contribution in [-0.4, -0.2) is 36.5 Å². The molecule has 1 fully saturated rings. The molecule has 0 aliphatic carbocycles. The van der Waals surface area contributed by atoms with E-state index >= 15 is 0 Å². The first kappa shape index (κ1) is 18.6. The zero-order chi connectivity index (χ0) is 18.7. The van der Waals surface area contributed by atoms with E-state index in [4.69, 9.17) is 4.74 Å². The van der Waals surface area contributed by atoms with E-state index in [-0.39, 0.29) is 12.5 Å². The van der Waals surface area contributed by atoms with Crippen LogP contribution in [0.2, 0.25) is 0 Å². The Hall–Kier alpha value is -2.14. The van der Waals surface area contributed by atoms with Crippen LogP contribution in [0.1, 0.15) is 35.5 Å². The van der Waals surface area contributed by atoms with Crippen LogP contribution in [0, 0.1) is 18.8 Å². The number of carbonyl (C=O) groups is 2. The van der Waals surface area contributed by atoms with Gasteiger partial charge in [-0.2, -0.15) is 0 Å². The summed E-state index contributed by atoms with van der Waals surface area (Å²) in [6.07, 6.45) is 1.14. The van der Waals surface area contributed by atoms with Crippen molar-refractivity contribution in [3.05, 3.63) is 46.2 Å². The Balaban J connectivity index is 1.63. The SMILES string of the molecule is Cc1ccc(-c2ccsc2C(=O)OCC(=O)N2C[C@H](C)C[C@H](C)C2)cc1. The molecule has 1 aromatic heterocycles. The van der Waals surface area contributed by atoms with Crippen molar-refractivity contribution in [3.63, 3.8) is 0 Å². The fraction of sp³-hybridized carbons (Fsp3) is 0.429. The number of aryl methyl sites for hydroxylation is 1. The highest BCUT2D eigenvalue weighted by Crippen LogP contribution is 2.29. The molecular weight excluding hydrogens is 346 g/mol. The van der Waals surface area contributed by atoms with E-state index in [2.05, 4.69) is 13.8 Å². The highest BCUT2D eigenvalue weighted by atomic mass is 32.1. The van der Waals surface area contributed by atoms with Crippen molar-refractivity contribution < 1.29 is 14.3 Å². The first-order valence-corrected chi connectivity index (χ1v) is 9.91. The standard InChI is InChI=1S/C21H25NO3S/c1-14-4-6-17(7-5-14)18-8-9-26-20(18)21(24)25-13-19(23)22-11-15(2)10-16(3)12-22/h4-9,15-16H,10-13H2,1-3H3/t15-,16+. The van der Waals surface area contributed by atoms with Gasteiger partial charge in [-0.05, 0) is 42.2 Å². The van der Waals surface area contributed by atoms with Crippen LogP contribution in [0.5, 0.6) is 0 Å². The Labute approximate surface area is 158 Å². The van der Waals surface area contributed by atoms with Gasteiger partial charge in [0, 0.05) is 18.7 Å². The minimum Gasteiger partial charge on any atom is -0.451 e. The molecule has 1 aliphatic rings. The van der Waals surface area contributed by atoms with Crippen LogP contribution in [0.25, 0.3) is 11.1 Å². The molecule has 0 radical (unpaired) electrons. The molecule has 0 unspecified atom stereocenters. The maximum atomic E-state index is 12.5. The van der Waals surface area contributed by atoms with E-state index in [0.29, 0.717) is 16.7 Å². The summed E-state index contributed by atoms with van der Waals surface area (Å²) < 4.78 is 5.34. The van der Waals surface area contributed by atoms with Gasteiger partial charge in [0.15, 0.2) is 6.61 Å². The number of amides is 1. The molecule has 4 nitrogen and oxygen atoms in total. The second-order valence-electron chi connectivity index (χ2n) is 7.35. The van der Waals surface area contributed by atoms with Gasteiger partial charge in [0.1, 0.15) is 4.88 Å². The van der Waals surface area contributed by atoms with Gasteiger partial charge in [-0.25, -0.2) is 4.79 Å². The first-order chi connectivity index (χ1) is 12.4. The molecule has 0 N–H and O–H groups in total. The lowest BCUT2D eigenvalue weighted by Gasteiger charge is -2.34. The van der Waals surface area contributed by atoms with Gasteiger partial charge < -0.3 is 9.64 Å². The molecule has 0 bridgehead atoms. The second-order valence-corrected chi connectivity index (χ2v) is 8.27. The summed E-state index contributed by atoms with van der Waals surface area (Å²) in [5.41, 5.74) is 3.00. The van der Waals surface area contributed by atoms with Gasteiger partial charge in [-0.15, -0.1) is 11.3 Å². The molecule has 0 saturated carbocycles. The quantitative estimate of drug-likeness (QED) is 0.749. The average molecular weight is 372 g/mol. The van der Waals surface area contributed by atoms with E-state index in [9.17, 15) is 9.59 Å². The number of piperidine rings is 1. The number of benzene rings is 1. The third-order valence-corrected chi connectivity index (χ3v) is 5.66. The first-order valence-electron chi connectivity index (χ1n) is 9.03. The van der Waals surface area contributed by atoms with Crippen LogP contribution in [0.3, 0.4) is 0 Å². The van der Waals surface area contributed by atoms with Crippen LogP contribution < -0.4 is 0 Å². The monoisotopic (exact) mass is 371 g/mol. The highest BCUT2D eigenvalue weighted by Gasteiger charge is 2.26. The molecule has 1 saturated heterocycles. The number of rotatable bonds is 4. The minimum atomic E-state index is -0.429. The van der Waals surface area contributed by atoms with E-state index in [1.54, 1.807) is 0 Å². The molecule has 138 valence electrons. The average Bonchev–Trinajstić information content (AvgIpc) is 3.09. The van der Waals surface area contributed by atoms with Crippen molar-refractivity contribution in [3.8, 4) is 11.1 Å². The lowest BCUT2D eigenvalue weighted by molar-refractivity contribution is -0.137. The molecule has 2 aromatic rings. The number of hydrogen-bond donors (Lipinski definition) is 0. The maximum absolute atomic E-state index is 12.5. The zero-order valence-corrected chi connectivity index (χ0v) is 16.3. The van der Waals surface area contributed by atoms with E-state index in [1.165, 1.54) is 16.9 Å². The summed E-state index contributed by atoms with van der Waals surface area (Å²) in [6, 6.07) is 9.95. The van der Waals surface area contributed by atoms with Gasteiger partial charge in [-0.3, -0.25) is 4.79 Å². The van der Waals surface area contributed by atoms with Gasteiger partial charge in [-0.1, -0.05) is 43.7 Å². The maximum Gasteiger partial charge on any atom is 0.349 e. The Morgan fingerprint density at radius 3 is 2.42 bits per heavy atom. The number of nitrogens with zero attached hydrogens (tertiary/aromatic N) is 1. The van der Waals surface area contributed by atoms with E-state index in [0.717, 1.165) is 30.6 Å². The number of ether oxygens (including phenoxy) is 1. The summed E-state index contributed by atoms with van der Waals surface area (Å²) >= 11 is 1.35. The molecule has 5 heteroatoms. The molecule has 2 heterocycles. The molecule has 2 atom stereocenters. The number of likely N-dealkylation sites (tertiary alicyclic amines) is 1. The van der Waals surface area contributed by atoms with Crippen molar-refractivity contribution in [2.24, 2.45) is 11.8 Å². The van der Waals surface area contributed by atoms with Gasteiger partial charge >= 0.3 is 5.97 Å². The van der Waals surface area contributed by atoms with Crippen molar-refractivity contribution in [1.29, 1.82) is 0 Å². The summed E-state index contributed by atoms with van der Waals surface area (Å²) in [7, 11) is 0. The summed E-state index contributed by atoms with van der Waals surface area (Å²) in [5, 5.41) is 1.88. The van der Waals surface area contributed by atoms with Crippen molar-refractivity contribution in [2.75, 3.05) is 19.7 Å². The highest BCUT2D eigenvalue weighted by molar-refractivity contribution is 7.12. The van der Waals surface area contributed by atoms with Crippen LogP contribution >= 0.6 is 11.3 Å². The fourth-order valence-corrected chi connectivity index (χ4v) is 4.39. The normalized spacial score (nSPS) is 20.0. The lowest BCUT2D eigenvalue weighted by atomic mass is 9.92. The number of hydrogen-bond acceptors (Lipinski definition) is 4. The molecular formula is C21H25NO3S. The molecule has 3 rings (SSSR count). The number of esters is 1. The van der Waals surface area contributed by atoms with E-state index < -0.39 is 5.97 Å². The molecule has 1 amide bonds. The lowest BCUT2D eigenvalue weighted by Crippen LogP contribution is -2.44. The Kier molecular flexibility index (Phi) is 5.77. The summed E-state index contributed by atoms with van der Waals surface area (Å²) in [6.45, 7) is 7.63. The Morgan fingerprint density at radius 2 is 1.77 bits per heavy atom. The minimum absolute atomic E-state index is 0.106. The summed E-state index contributed by atoms with van der Waals surface area (Å²) in [5.74, 6) is 0.444. The van der Waals surface area contributed by atoms with Gasteiger partial charge in [0.25, 0.3) is 5.91 Å². The second kappa shape index (κ2) is 8.04. The molecule has 1 aliphatic heterocycles. The smallest absolute Gasteiger partial charge is 0.349 e. The molecule has 26 heavy (non-hydrogen) atoms. The van der Waals surface area contributed by atoms with Crippen LogP contribution in [0.15, 0.2) is 35.7 Å². The largest absolute Gasteiger partial charge is 0.451 e. The fourth-order valence-electron chi connectivity index (χ4n) is 3.58. The van der Waals surface area contributed by atoms with Crippen molar-refractivity contribution in [1.82, 2.24) is 4.90 Å². The number of carbonyl (C=O) groups excluding carboxylic acids is 2. The Morgan fingerprint density at radius 1 is 1.12 bits per heavy atom. The topological polar surface area (TPSA) is 46.6 Å². The third-order valence-electron chi connectivity index (χ3n) is 4.76. The zero-order valence-electron chi connectivity index (χ0n) is 15.5. The van der Waals surface area contributed by atoms with E-state index in [1.807, 2.05) is 47.5 Å². The summed E-state index contributed by atoms with van der Waals surface area (Å²) in [4.78, 5) is 27.3. The van der Waals surface area contributed by atoms with Crippen molar-refractivity contribution in [2.45, 2.75) is 27.2 Å². The van der Waals surface area contributed by atoms with Gasteiger partial charge in [0.2, 0.25) is 0 Å². The molecule has 0 spiro atoms. The van der Waals surface area contributed by atoms with Crippen LogP contribution in [0.4, 0.5) is 0 Å². The van der Waals surface area contributed by atoms with Crippen molar-refractivity contribution >= 4 is 23.2 Å². The predicted molar refractivity (Wildman–Crippen MR) is 104 cm³/mol.